The number of fused-ring (bicyclic) bond motifs is 1. The first kappa shape index (κ1) is 21.5. The predicted molar refractivity (Wildman–Crippen MR) is 134 cm³/mol. The molecule has 9 heteroatoms. The zero-order valence-electron chi connectivity index (χ0n) is 17.2. The van der Waals surface area contributed by atoms with Crippen LogP contribution in [0.3, 0.4) is 0 Å². The highest BCUT2D eigenvalue weighted by atomic mass is 35.5. The Morgan fingerprint density at radius 1 is 1.09 bits per heavy atom. The average Bonchev–Trinajstić information content (AvgIpc) is 3.50. The van der Waals surface area contributed by atoms with E-state index in [2.05, 4.69) is 30.8 Å². The maximum Gasteiger partial charge on any atom is 0.286 e. The van der Waals surface area contributed by atoms with Crippen molar-refractivity contribution < 1.29 is 4.79 Å². The molecule has 2 aromatic carbocycles. The Morgan fingerprint density at radius 2 is 1.88 bits per heavy atom. The van der Waals surface area contributed by atoms with Crippen molar-refractivity contribution in [3.63, 3.8) is 0 Å². The molecule has 3 heterocycles. The van der Waals surface area contributed by atoms with E-state index in [1.807, 2.05) is 24.5 Å². The van der Waals surface area contributed by atoms with E-state index in [4.69, 9.17) is 23.2 Å². The number of hydrogen-bond acceptors (Lipinski definition) is 5. The van der Waals surface area contributed by atoms with Crippen molar-refractivity contribution in [3.05, 3.63) is 63.2 Å². The fourth-order valence-electron chi connectivity index (χ4n) is 3.94. The van der Waals surface area contributed by atoms with E-state index in [0.29, 0.717) is 25.8 Å². The number of nitrogens with one attached hydrogen (secondary N) is 1. The molecule has 6 nitrogen and oxygen atoms in total. The lowest BCUT2D eigenvalue weighted by atomic mass is 10.2. The lowest BCUT2D eigenvalue weighted by Crippen LogP contribution is -2.23. The zero-order valence-corrected chi connectivity index (χ0v) is 19.6. The van der Waals surface area contributed by atoms with Crippen LogP contribution in [0.25, 0.3) is 17.1 Å². The molecule has 0 spiro atoms. The van der Waals surface area contributed by atoms with Crippen molar-refractivity contribution in [2.75, 3.05) is 25.0 Å². The first-order valence-electron chi connectivity index (χ1n) is 10.5. The number of imidazole rings is 1. The lowest BCUT2D eigenvalue weighted by Gasteiger charge is -2.15. The molecule has 2 aliphatic rings. The van der Waals surface area contributed by atoms with Gasteiger partial charge in [-0.3, -0.25) is 4.79 Å². The number of amides is 1. The number of thioether (sulfide) groups is 1. The molecule has 0 aliphatic carbocycles. The minimum absolute atomic E-state index is 0.289. The molecular weight excluding hydrogens is 465 g/mol. The molecule has 0 saturated carbocycles. The van der Waals surface area contributed by atoms with Crippen LogP contribution in [0, 0.1) is 0 Å². The van der Waals surface area contributed by atoms with Gasteiger partial charge in [0.2, 0.25) is 0 Å². The van der Waals surface area contributed by atoms with Crippen molar-refractivity contribution in [1.29, 1.82) is 0 Å². The summed E-state index contributed by atoms with van der Waals surface area (Å²) >= 11 is 13.7. The van der Waals surface area contributed by atoms with Gasteiger partial charge < -0.3 is 14.8 Å². The third kappa shape index (κ3) is 4.57. The van der Waals surface area contributed by atoms with Crippen LogP contribution >= 0.6 is 35.0 Å². The Bertz CT molecular complexity index is 1230. The summed E-state index contributed by atoms with van der Waals surface area (Å²) in [6.07, 6.45) is 6.33. The standard InChI is InChI=1S/C23H21Cl2N5OS/c24-16-4-3-5-17(25)21(16)27-23-28-22(31)20(32-23)13-15-6-7-18-19(12-15)30(14-26-18)11-10-29-8-1-2-9-29/h3-7,12-14H,1-2,8-11H2,(H,27,28,31)/b20-13-. The second kappa shape index (κ2) is 9.27. The summed E-state index contributed by atoms with van der Waals surface area (Å²) in [6, 6.07) is 11.3. The van der Waals surface area contributed by atoms with E-state index in [9.17, 15) is 4.79 Å². The summed E-state index contributed by atoms with van der Waals surface area (Å²) in [5.41, 5.74) is 3.49. The van der Waals surface area contributed by atoms with Crippen LogP contribution < -0.4 is 5.32 Å². The molecule has 0 radical (unpaired) electrons. The van der Waals surface area contributed by atoms with Gasteiger partial charge in [0.15, 0.2) is 5.17 Å². The second-order valence-electron chi connectivity index (χ2n) is 7.79. The van der Waals surface area contributed by atoms with Crippen molar-refractivity contribution in [1.82, 2.24) is 14.5 Å². The molecule has 3 aromatic rings. The number of anilines is 1. The molecule has 32 heavy (non-hydrogen) atoms. The highest BCUT2D eigenvalue weighted by Gasteiger charge is 2.23. The van der Waals surface area contributed by atoms with Crippen LogP contribution in [0.15, 0.2) is 52.6 Å². The SMILES string of the molecule is O=C1N=C(Nc2c(Cl)cccc2Cl)S/C1=C\c1ccc2ncn(CCN3CCCC3)c2c1. The van der Waals surface area contributed by atoms with Gasteiger partial charge >= 0.3 is 0 Å². The van der Waals surface area contributed by atoms with E-state index in [1.165, 1.54) is 37.7 Å². The Labute approximate surface area is 200 Å². The van der Waals surface area contributed by atoms with Gasteiger partial charge in [-0.1, -0.05) is 35.3 Å². The highest BCUT2D eigenvalue weighted by Crippen LogP contribution is 2.34. The second-order valence-corrected chi connectivity index (χ2v) is 9.63. The molecule has 0 unspecified atom stereocenters. The van der Waals surface area contributed by atoms with Gasteiger partial charge in [0, 0.05) is 13.1 Å². The van der Waals surface area contributed by atoms with Gasteiger partial charge in [-0.15, -0.1) is 0 Å². The van der Waals surface area contributed by atoms with Gasteiger partial charge in [0.25, 0.3) is 5.91 Å². The minimum atomic E-state index is -0.289. The number of hydrogen-bond donors (Lipinski definition) is 1. The van der Waals surface area contributed by atoms with Crippen LogP contribution in [0.4, 0.5) is 5.69 Å². The first-order valence-corrected chi connectivity index (χ1v) is 12.0. The summed E-state index contributed by atoms with van der Waals surface area (Å²) < 4.78 is 2.18. The molecule has 1 N–H and O–H groups in total. The Kier molecular flexibility index (Phi) is 6.24. The van der Waals surface area contributed by atoms with E-state index >= 15 is 0 Å². The monoisotopic (exact) mass is 485 g/mol. The number of aliphatic imine (C=N–C) groups is 1. The Morgan fingerprint density at radius 3 is 2.66 bits per heavy atom. The van der Waals surface area contributed by atoms with Crippen molar-refractivity contribution in [3.8, 4) is 0 Å². The van der Waals surface area contributed by atoms with Crippen LogP contribution in [-0.4, -0.2) is 45.2 Å². The van der Waals surface area contributed by atoms with Crippen LogP contribution in [0.5, 0.6) is 0 Å². The molecule has 1 saturated heterocycles. The number of halogens is 2. The maximum absolute atomic E-state index is 12.5. The third-order valence-electron chi connectivity index (χ3n) is 5.61. The van der Waals surface area contributed by atoms with E-state index in [-0.39, 0.29) is 5.91 Å². The molecular formula is C23H21Cl2N5OS. The summed E-state index contributed by atoms with van der Waals surface area (Å²) in [4.78, 5) is 24.1. The smallest absolute Gasteiger partial charge is 0.286 e. The molecule has 2 aliphatic heterocycles. The fourth-order valence-corrected chi connectivity index (χ4v) is 5.25. The molecule has 1 fully saturated rings. The molecule has 1 amide bonds. The topological polar surface area (TPSA) is 62.5 Å². The number of para-hydroxylation sites is 1. The van der Waals surface area contributed by atoms with Crippen LogP contribution in [0.1, 0.15) is 18.4 Å². The van der Waals surface area contributed by atoms with E-state index < -0.39 is 0 Å². The number of carbonyl (C=O) groups is 1. The molecule has 0 bridgehead atoms. The summed E-state index contributed by atoms with van der Waals surface area (Å²) in [5.74, 6) is -0.289. The van der Waals surface area contributed by atoms with Gasteiger partial charge in [0.1, 0.15) is 0 Å². The number of rotatable bonds is 5. The Balaban J connectivity index is 1.32. The largest absolute Gasteiger partial charge is 0.332 e. The maximum atomic E-state index is 12.5. The Hall–Kier alpha value is -2.32. The third-order valence-corrected chi connectivity index (χ3v) is 7.14. The quantitative estimate of drug-likeness (QED) is 0.481. The molecule has 0 atom stereocenters. The van der Waals surface area contributed by atoms with Crippen molar-refractivity contribution in [2.24, 2.45) is 4.99 Å². The van der Waals surface area contributed by atoms with Crippen molar-refractivity contribution >= 4 is 68.8 Å². The van der Waals surface area contributed by atoms with Gasteiger partial charge in [-0.25, -0.2) is 4.98 Å². The predicted octanol–water partition coefficient (Wildman–Crippen LogP) is 5.52. The average molecular weight is 486 g/mol. The number of amidine groups is 1. The number of carbonyl (C=O) groups excluding carboxylic acids is 1. The highest BCUT2D eigenvalue weighted by molar-refractivity contribution is 8.18. The number of nitrogens with zero attached hydrogens (tertiary/aromatic N) is 4. The lowest BCUT2D eigenvalue weighted by molar-refractivity contribution is -0.113. The van der Waals surface area contributed by atoms with E-state index in [0.717, 1.165) is 29.7 Å². The summed E-state index contributed by atoms with van der Waals surface area (Å²) in [5, 5.41) is 4.46. The minimum Gasteiger partial charge on any atom is -0.332 e. The van der Waals surface area contributed by atoms with E-state index in [1.54, 1.807) is 18.2 Å². The van der Waals surface area contributed by atoms with Gasteiger partial charge in [-0.2, -0.15) is 4.99 Å². The van der Waals surface area contributed by atoms with Crippen LogP contribution in [-0.2, 0) is 11.3 Å². The van der Waals surface area contributed by atoms with Gasteiger partial charge in [-0.05, 0) is 73.6 Å². The first-order chi connectivity index (χ1) is 15.6. The molecule has 5 rings (SSSR count). The zero-order chi connectivity index (χ0) is 22.1. The molecule has 164 valence electrons. The fraction of sp³-hybridized carbons (Fsp3) is 0.261. The van der Waals surface area contributed by atoms with Crippen LogP contribution in [0.2, 0.25) is 10.0 Å². The summed E-state index contributed by atoms with van der Waals surface area (Å²) in [6.45, 7) is 4.29. The summed E-state index contributed by atoms with van der Waals surface area (Å²) in [7, 11) is 0. The number of likely N-dealkylation sites (tertiary alicyclic amines) is 1. The normalized spacial score (nSPS) is 18.1. The van der Waals surface area contributed by atoms with Gasteiger partial charge in [0.05, 0.1) is 38.0 Å². The van der Waals surface area contributed by atoms with Crippen molar-refractivity contribution in [2.45, 2.75) is 19.4 Å². The number of aromatic nitrogens is 2. The molecule has 1 aromatic heterocycles. The number of benzene rings is 2.